The fraction of sp³-hybridized carbons (Fsp3) is 1.00. The van der Waals surface area contributed by atoms with Crippen LogP contribution in [-0.2, 0) is 14.6 Å². The van der Waals surface area contributed by atoms with Crippen LogP contribution in [0.25, 0.3) is 0 Å². The molecule has 1 N–H and O–H groups in total. The molecule has 0 aliphatic heterocycles. The Morgan fingerprint density at radius 2 is 1.17 bits per heavy atom. The van der Waals surface area contributed by atoms with E-state index in [9.17, 15) is 8.42 Å². The van der Waals surface area contributed by atoms with Gasteiger partial charge in [0.15, 0.2) is 0 Å². The highest BCUT2D eigenvalue weighted by molar-refractivity contribution is 7.80. The van der Waals surface area contributed by atoms with E-state index in [-0.39, 0.29) is 12.0 Å². The largest absolute Gasteiger partial charge is 0.397 e. The van der Waals surface area contributed by atoms with Crippen molar-refractivity contribution in [2.45, 2.75) is 104 Å². The summed E-state index contributed by atoms with van der Waals surface area (Å²) in [6.45, 7) is 6.24. The second kappa shape index (κ2) is 13.2. The molecule has 0 aromatic heterocycles. The number of unbranched alkanes of at least 4 members (excludes halogenated alkanes) is 11. The number of hydrogen-bond acceptors (Lipinski definition) is 3. The van der Waals surface area contributed by atoms with Crippen molar-refractivity contribution in [3.05, 3.63) is 0 Å². The van der Waals surface area contributed by atoms with Gasteiger partial charge in [-0.3, -0.25) is 4.55 Å². The van der Waals surface area contributed by atoms with E-state index in [1.165, 1.54) is 70.6 Å². The first-order valence-electron chi connectivity index (χ1n) is 9.39. The molecule has 0 aliphatic carbocycles. The van der Waals surface area contributed by atoms with Crippen molar-refractivity contribution in [2.24, 2.45) is 5.41 Å². The average Bonchev–Trinajstić information content (AvgIpc) is 2.46. The van der Waals surface area contributed by atoms with E-state index in [1.54, 1.807) is 0 Å². The predicted molar refractivity (Wildman–Crippen MR) is 97.0 cm³/mol. The minimum absolute atomic E-state index is 0.0455. The zero-order chi connectivity index (χ0) is 17.6. The van der Waals surface area contributed by atoms with Gasteiger partial charge in [0.25, 0.3) is 0 Å². The molecule has 0 spiro atoms. The van der Waals surface area contributed by atoms with Gasteiger partial charge in [0.2, 0.25) is 0 Å². The summed E-state index contributed by atoms with van der Waals surface area (Å²) in [5.41, 5.74) is -0.214. The number of hydrogen-bond donors (Lipinski definition) is 1. The molecule has 0 aliphatic rings. The molecular formula is C18H38O4S. The highest BCUT2D eigenvalue weighted by Crippen LogP contribution is 2.25. The van der Waals surface area contributed by atoms with Crippen molar-refractivity contribution in [1.29, 1.82) is 0 Å². The van der Waals surface area contributed by atoms with Gasteiger partial charge in [-0.05, 0) is 11.8 Å². The minimum Gasteiger partial charge on any atom is -0.264 e. The highest BCUT2D eigenvalue weighted by Gasteiger charge is 2.20. The van der Waals surface area contributed by atoms with Crippen LogP contribution in [0.3, 0.4) is 0 Å². The van der Waals surface area contributed by atoms with Crippen LogP contribution in [-0.4, -0.2) is 19.6 Å². The Morgan fingerprint density at radius 3 is 1.57 bits per heavy atom. The van der Waals surface area contributed by atoms with E-state index in [4.69, 9.17) is 4.55 Å². The van der Waals surface area contributed by atoms with Gasteiger partial charge < -0.3 is 0 Å². The molecule has 0 fully saturated rings. The molecule has 0 aromatic carbocycles. The molecule has 0 bridgehead atoms. The Kier molecular flexibility index (Phi) is 13.1. The lowest BCUT2D eigenvalue weighted by molar-refractivity contribution is 0.154. The second-order valence-electron chi connectivity index (χ2n) is 7.49. The second-order valence-corrected chi connectivity index (χ2v) is 8.58. The molecule has 0 radical (unpaired) electrons. The molecule has 0 amide bonds. The lowest BCUT2D eigenvalue weighted by Gasteiger charge is -2.23. The fourth-order valence-corrected chi connectivity index (χ4v) is 3.22. The lowest BCUT2D eigenvalue weighted by Crippen LogP contribution is -2.21. The van der Waals surface area contributed by atoms with Gasteiger partial charge in [-0.1, -0.05) is 97.8 Å². The van der Waals surface area contributed by atoms with Crippen LogP contribution in [0.5, 0.6) is 0 Å². The summed E-state index contributed by atoms with van der Waals surface area (Å²) >= 11 is 0. The van der Waals surface area contributed by atoms with E-state index >= 15 is 0 Å². The normalized spacial score (nSPS) is 12.7. The Balaban J connectivity index is 3.38. The molecule has 0 aromatic rings. The van der Waals surface area contributed by atoms with Gasteiger partial charge >= 0.3 is 10.4 Å². The van der Waals surface area contributed by atoms with Crippen LogP contribution in [0.15, 0.2) is 0 Å². The van der Waals surface area contributed by atoms with Crippen molar-refractivity contribution in [1.82, 2.24) is 0 Å². The van der Waals surface area contributed by atoms with Crippen molar-refractivity contribution in [3.8, 4) is 0 Å². The molecule has 0 rings (SSSR count). The molecular weight excluding hydrogens is 312 g/mol. The Morgan fingerprint density at radius 1 is 0.783 bits per heavy atom. The Labute approximate surface area is 144 Å². The summed E-state index contributed by atoms with van der Waals surface area (Å²) in [5.74, 6) is 0. The van der Waals surface area contributed by atoms with Gasteiger partial charge in [0.05, 0.1) is 6.61 Å². The summed E-state index contributed by atoms with van der Waals surface area (Å²) in [6, 6.07) is 0. The zero-order valence-electron chi connectivity index (χ0n) is 15.5. The van der Waals surface area contributed by atoms with E-state index < -0.39 is 10.4 Å². The van der Waals surface area contributed by atoms with Crippen LogP contribution in [0.1, 0.15) is 104 Å². The van der Waals surface area contributed by atoms with E-state index in [2.05, 4.69) is 11.1 Å². The van der Waals surface area contributed by atoms with Crippen LogP contribution in [0.4, 0.5) is 0 Å². The highest BCUT2D eigenvalue weighted by atomic mass is 32.3. The van der Waals surface area contributed by atoms with Gasteiger partial charge in [0, 0.05) is 0 Å². The maximum Gasteiger partial charge on any atom is 0.397 e. The maximum absolute atomic E-state index is 10.6. The SMILES string of the molecule is CCCCCCCCCCCCCCC(C)(C)COS(=O)(=O)O. The van der Waals surface area contributed by atoms with E-state index in [0.29, 0.717) is 0 Å². The fourth-order valence-electron chi connectivity index (χ4n) is 2.75. The third kappa shape index (κ3) is 18.1. The van der Waals surface area contributed by atoms with Crippen molar-refractivity contribution < 1.29 is 17.2 Å². The summed E-state index contributed by atoms with van der Waals surface area (Å²) in [4.78, 5) is 0. The topological polar surface area (TPSA) is 63.6 Å². The quantitative estimate of drug-likeness (QED) is 0.277. The summed E-state index contributed by atoms with van der Waals surface area (Å²) in [7, 11) is -4.31. The molecule has 0 heterocycles. The Bertz CT molecular complexity index is 363. The van der Waals surface area contributed by atoms with Gasteiger partial charge in [-0.15, -0.1) is 0 Å². The monoisotopic (exact) mass is 350 g/mol. The number of rotatable bonds is 16. The average molecular weight is 351 g/mol. The first-order valence-corrected chi connectivity index (χ1v) is 10.8. The first-order chi connectivity index (χ1) is 10.8. The lowest BCUT2D eigenvalue weighted by atomic mass is 9.88. The molecule has 0 saturated carbocycles. The van der Waals surface area contributed by atoms with Crippen molar-refractivity contribution >= 4 is 10.4 Å². The van der Waals surface area contributed by atoms with Crippen molar-refractivity contribution in [3.63, 3.8) is 0 Å². The standard InChI is InChI=1S/C18H38O4S/c1-4-5-6-7-8-9-10-11-12-13-14-15-16-18(2,3)17-22-23(19,20)21/h4-17H2,1-3H3,(H,19,20,21). The van der Waals surface area contributed by atoms with Gasteiger partial charge in [-0.25, -0.2) is 4.18 Å². The first kappa shape index (κ1) is 22.9. The predicted octanol–water partition coefficient (Wildman–Crippen LogP) is 5.92. The van der Waals surface area contributed by atoms with Crippen molar-refractivity contribution in [2.75, 3.05) is 6.61 Å². The molecule has 0 saturated heterocycles. The van der Waals surface area contributed by atoms with E-state index in [1.807, 2.05) is 13.8 Å². The molecule has 5 heteroatoms. The van der Waals surface area contributed by atoms with Gasteiger partial charge in [0.1, 0.15) is 0 Å². The molecule has 23 heavy (non-hydrogen) atoms. The van der Waals surface area contributed by atoms with E-state index in [0.717, 1.165) is 12.8 Å². The summed E-state index contributed by atoms with van der Waals surface area (Å²) in [5, 5.41) is 0. The Hall–Kier alpha value is -0.130. The maximum atomic E-state index is 10.6. The molecule has 0 unspecified atom stereocenters. The summed E-state index contributed by atoms with van der Waals surface area (Å²) in [6.07, 6.45) is 16.7. The molecule has 0 atom stereocenters. The van der Waals surface area contributed by atoms with Crippen LogP contribution < -0.4 is 0 Å². The molecule has 140 valence electrons. The minimum atomic E-state index is -4.31. The zero-order valence-corrected chi connectivity index (χ0v) is 16.3. The third-order valence-electron chi connectivity index (χ3n) is 4.31. The van der Waals surface area contributed by atoms with Crippen LogP contribution >= 0.6 is 0 Å². The van der Waals surface area contributed by atoms with Crippen LogP contribution in [0, 0.1) is 5.41 Å². The summed E-state index contributed by atoms with van der Waals surface area (Å²) < 4.78 is 34.3. The smallest absolute Gasteiger partial charge is 0.264 e. The van der Waals surface area contributed by atoms with Crippen LogP contribution in [0.2, 0.25) is 0 Å². The molecule has 4 nitrogen and oxygen atoms in total. The third-order valence-corrected chi connectivity index (χ3v) is 4.72. The van der Waals surface area contributed by atoms with Gasteiger partial charge in [-0.2, -0.15) is 8.42 Å².